The Labute approximate surface area is 97.6 Å². The average molecular weight is 198 g/mol. The Hall–Kier alpha value is 1.16. The molecule has 0 amide bonds. The Morgan fingerprint density at radius 2 is 1.00 bits per heavy atom. The first kappa shape index (κ1) is 15.6. The Morgan fingerprint density at radius 1 is 0.833 bits per heavy atom. The van der Waals surface area contributed by atoms with Gasteiger partial charge in [-0.15, -0.1) is 0 Å². The molecule has 0 heterocycles. The summed E-state index contributed by atoms with van der Waals surface area (Å²) in [5.41, 5.74) is 2.35. The van der Waals surface area contributed by atoms with Gasteiger partial charge in [0.2, 0.25) is 0 Å². The third kappa shape index (κ3) is 3.14. The van der Waals surface area contributed by atoms with E-state index in [1.54, 1.807) is 0 Å². The van der Waals surface area contributed by atoms with Crippen LogP contribution in [0.25, 0.3) is 0 Å². The molecule has 0 aliphatic carbocycles. The minimum Gasteiger partial charge on any atom is -1.00 e. The van der Waals surface area contributed by atoms with E-state index in [1.165, 1.54) is 0 Å². The van der Waals surface area contributed by atoms with Crippen LogP contribution in [0.15, 0.2) is 0 Å². The van der Waals surface area contributed by atoms with E-state index >= 15 is 0 Å². The topological polar surface area (TPSA) is 0 Å². The molecule has 0 spiro atoms. The molecule has 0 unspecified atom stereocenters. The zero-order valence-corrected chi connectivity index (χ0v) is 11.6. The standard InChI is InChI=1S/C9H22SSi.Li.H/c1-7(2)11(10,8(3)4)9(5)6;;/h7-10H,1-6H3;;/q;+1;-1. The van der Waals surface area contributed by atoms with Gasteiger partial charge in [-0.1, -0.05) is 41.5 Å². The maximum Gasteiger partial charge on any atom is 1.00 e. The van der Waals surface area contributed by atoms with Crippen LogP contribution in [0.5, 0.6) is 0 Å². The van der Waals surface area contributed by atoms with Crippen LogP contribution >= 0.6 is 12.1 Å². The first-order chi connectivity index (χ1) is 4.83. The second kappa shape index (κ2) is 5.80. The van der Waals surface area contributed by atoms with Crippen LogP contribution < -0.4 is 18.9 Å². The molecule has 0 aliphatic heterocycles. The molecular weight excluding hydrogens is 175 g/mol. The molecule has 0 nitrogen and oxygen atoms in total. The van der Waals surface area contributed by atoms with Crippen LogP contribution in [0, 0.1) is 0 Å². The van der Waals surface area contributed by atoms with Gasteiger partial charge in [-0.3, -0.25) is 0 Å². The fourth-order valence-corrected chi connectivity index (χ4v) is 6.00. The van der Waals surface area contributed by atoms with Gasteiger partial charge in [0.1, 0.15) is 7.22 Å². The first-order valence-electron chi connectivity index (χ1n) is 4.55. The fourth-order valence-electron chi connectivity index (χ4n) is 2.00. The van der Waals surface area contributed by atoms with Gasteiger partial charge in [-0.05, 0) is 16.6 Å². The van der Waals surface area contributed by atoms with Crippen LogP contribution in [-0.2, 0) is 0 Å². The smallest absolute Gasteiger partial charge is 1.00 e. The van der Waals surface area contributed by atoms with E-state index in [1.807, 2.05) is 0 Å². The molecule has 12 heavy (non-hydrogen) atoms. The van der Waals surface area contributed by atoms with E-state index in [9.17, 15) is 0 Å². The molecule has 0 rings (SSSR count). The first-order valence-corrected chi connectivity index (χ1v) is 8.07. The van der Waals surface area contributed by atoms with E-state index in [4.69, 9.17) is 12.1 Å². The molecule has 0 aliphatic rings. The van der Waals surface area contributed by atoms with E-state index in [-0.39, 0.29) is 20.3 Å². The quantitative estimate of drug-likeness (QED) is 0.511. The Bertz CT molecular complexity index is 107. The second-order valence-corrected chi connectivity index (χ2v) is 11.9. The summed E-state index contributed by atoms with van der Waals surface area (Å²) in [5.74, 6) is 0. The predicted molar refractivity (Wildman–Crippen MR) is 61.1 cm³/mol. The summed E-state index contributed by atoms with van der Waals surface area (Å²) in [6.07, 6.45) is 0. The monoisotopic (exact) mass is 198 g/mol. The summed E-state index contributed by atoms with van der Waals surface area (Å²) in [6, 6.07) is 0. The van der Waals surface area contributed by atoms with Crippen LogP contribution in [0.1, 0.15) is 43.0 Å². The summed E-state index contributed by atoms with van der Waals surface area (Å²) in [5, 5.41) is 0. The molecule has 0 bridgehead atoms. The number of hydrogen-bond donors (Lipinski definition) is 1. The maximum absolute atomic E-state index is 4.94. The SMILES string of the molecule is CC(C)[Si](S)(C(C)C)C(C)C.[H-].[Li+]. The Balaban J connectivity index is -0.000000500. The van der Waals surface area contributed by atoms with Crippen molar-refractivity contribution < 1.29 is 20.3 Å². The molecule has 0 radical (unpaired) electrons. The summed E-state index contributed by atoms with van der Waals surface area (Å²) >= 11 is 4.94. The largest absolute Gasteiger partial charge is 1.00 e. The van der Waals surface area contributed by atoms with Gasteiger partial charge < -0.3 is 1.43 Å². The van der Waals surface area contributed by atoms with Crippen molar-refractivity contribution in [1.82, 2.24) is 0 Å². The van der Waals surface area contributed by atoms with Gasteiger partial charge in [0.05, 0.1) is 0 Å². The predicted octanol–water partition coefficient (Wildman–Crippen LogP) is 1.21. The fraction of sp³-hybridized carbons (Fsp3) is 1.00. The van der Waals surface area contributed by atoms with E-state index in [2.05, 4.69) is 41.5 Å². The molecule has 0 atom stereocenters. The van der Waals surface area contributed by atoms with Gasteiger partial charge in [0.15, 0.2) is 0 Å². The Kier molecular flexibility index (Phi) is 7.56. The summed E-state index contributed by atoms with van der Waals surface area (Å²) in [4.78, 5) is 0. The van der Waals surface area contributed by atoms with Gasteiger partial charge in [0, 0.05) is 0 Å². The zero-order chi connectivity index (χ0) is 9.23. The molecular formula is C9H23LiSSi. The number of thiol groups is 1. The molecule has 0 saturated carbocycles. The zero-order valence-electron chi connectivity index (χ0n) is 10.7. The molecule has 3 heteroatoms. The van der Waals surface area contributed by atoms with Gasteiger partial charge in [0.25, 0.3) is 0 Å². The van der Waals surface area contributed by atoms with Crippen LogP contribution in [0.3, 0.4) is 0 Å². The third-order valence-corrected chi connectivity index (χ3v) is 13.0. The summed E-state index contributed by atoms with van der Waals surface area (Å²) in [7, 11) is -1.29. The summed E-state index contributed by atoms with van der Waals surface area (Å²) in [6.45, 7) is 13.9. The van der Waals surface area contributed by atoms with Crippen molar-refractivity contribution in [3.05, 3.63) is 0 Å². The Morgan fingerprint density at radius 3 is 1.00 bits per heavy atom. The van der Waals surface area contributed by atoms with Crippen molar-refractivity contribution in [2.24, 2.45) is 0 Å². The minimum absolute atomic E-state index is 0. The molecule has 0 saturated heterocycles. The maximum atomic E-state index is 4.94. The van der Waals surface area contributed by atoms with Gasteiger partial charge in [-0.2, -0.15) is 0 Å². The van der Waals surface area contributed by atoms with E-state index in [0.29, 0.717) is 0 Å². The third-order valence-electron chi connectivity index (χ3n) is 2.77. The minimum atomic E-state index is -1.29. The van der Waals surface area contributed by atoms with Crippen molar-refractivity contribution in [2.75, 3.05) is 0 Å². The van der Waals surface area contributed by atoms with Crippen molar-refractivity contribution >= 4 is 19.3 Å². The molecule has 0 aromatic carbocycles. The van der Waals surface area contributed by atoms with Gasteiger partial charge in [-0.25, -0.2) is 12.1 Å². The molecule has 0 N–H and O–H groups in total. The van der Waals surface area contributed by atoms with Crippen molar-refractivity contribution in [3.8, 4) is 0 Å². The molecule has 70 valence electrons. The van der Waals surface area contributed by atoms with Crippen molar-refractivity contribution in [1.29, 1.82) is 0 Å². The van der Waals surface area contributed by atoms with Crippen molar-refractivity contribution in [2.45, 2.75) is 58.2 Å². The van der Waals surface area contributed by atoms with Crippen molar-refractivity contribution in [3.63, 3.8) is 0 Å². The number of rotatable bonds is 3. The van der Waals surface area contributed by atoms with Crippen LogP contribution in [0.2, 0.25) is 16.6 Å². The van der Waals surface area contributed by atoms with E-state index in [0.717, 1.165) is 16.6 Å². The van der Waals surface area contributed by atoms with Crippen LogP contribution in [0.4, 0.5) is 0 Å². The van der Waals surface area contributed by atoms with E-state index < -0.39 is 7.22 Å². The second-order valence-electron chi connectivity index (χ2n) is 4.35. The van der Waals surface area contributed by atoms with Crippen LogP contribution in [-0.4, -0.2) is 7.22 Å². The van der Waals surface area contributed by atoms with Gasteiger partial charge >= 0.3 is 18.9 Å². The normalized spacial score (nSPS) is 12.5. The average Bonchev–Trinajstić information content (AvgIpc) is 1.84. The molecule has 0 aromatic heterocycles. The molecule has 0 fully saturated rings. The number of hydrogen-bond acceptors (Lipinski definition) is 1. The summed E-state index contributed by atoms with van der Waals surface area (Å²) < 4.78 is 0. The molecule has 0 aromatic rings.